The predicted octanol–water partition coefficient (Wildman–Crippen LogP) is 7.30. The number of nitrogens with zero attached hydrogens (tertiary/aromatic N) is 9. The summed E-state index contributed by atoms with van der Waals surface area (Å²) in [6, 6.07) is 10.5. The number of nitrogen functional groups attached to an aromatic ring is 2. The molecule has 4 heterocycles. The number of carbonyl (C=O) groups excluding carboxylic acids is 1. The fourth-order valence-corrected chi connectivity index (χ4v) is 6.79. The summed E-state index contributed by atoms with van der Waals surface area (Å²) in [4.78, 5) is 27.1. The van der Waals surface area contributed by atoms with Crippen molar-refractivity contribution in [2.24, 2.45) is 0 Å². The van der Waals surface area contributed by atoms with Gasteiger partial charge in [0.15, 0.2) is 11.6 Å². The van der Waals surface area contributed by atoms with Crippen LogP contribution < -0.4 is 26.6 Å². The van der Waals surface area contributed by atoms with Gasteiger partial charge in [-0.15, -0.1) is 32.8 Å². The molecule has 2 aromatic carbocycles. The molecule has 4 aromatic rings. The Hall–Kier alpha value is -3.66. The van der Waals surface area contributed by atoms with Crippen LogP contribution in [0.1, 0.15) is 48.5 Å². The Bertz CT molecular complexity index is 1980. The van der Waals surface area contributed by atoms with Crippen molar-refractivity contribution in [2.45, 2.75) is 65.1 Å². The predicted molar refractivity (Wildman–Crippen MR) is 220 cm³/mol. The molecule has 292 valence electrons. The van der Waals surface area contributed by atoms with Crippen LogP contribution in [-0.2, 0) is 4.74 Å². The van der Waals surface area contributed by atoms with Crippen molar-refractivity contribution in [1.29, 1.82) is 0 Å². The van der Waals surface area contributed by atoms with Crippen molar-refractivity contribution < 1.29 is 9.53 Å². The van der Waals surface area contributed by atoms with Crippen LogP contribution in [0.5, 0.6) is 0 Å². The van der Waals surface area contributed by atoms with Gasteiger partial charge in [0.25, 0.3) is 0 Å². The average molecular weight is 843 g/mol. The Balaban J connectivity index is 0.000000244. The fourth-order valence-electron chi connectivity index (χ4n) is 6.01. The third kappa shape index (κ3) is 9.76. The summed E-state index contributed by atoms with van der Waals surface area (Å²) in [5.41, 5.74) is 13.2. The van der Waals surface area contributed by atoms with Crippen LogP contribution in [0.2, 0.25) is 20.1 Å². The Morgan fingerprint density at radius 3 is 1.67 bits per heavy atom. The second-order valence-corrected chi connectivity index (χ2v) is 16.5. The Morgan fingerprint density at radius 2 is 1.24 bits per heavy atom. The molecule has 0 saturated carbocycles. The van der Waals surface area contributed by atoms with Gasteiger partial charge in [0.05, 0.1) is 25.6 Å². The zero-order chi connectivity index (χ0) is 38.9. The summed E-state index contributed by atoms with van der Waals surface area (Å²) in [5, 5.41) is 22.0. The maximum Gasteiger partial charge on any atom is 0.410 e. The van der Waals surface area contributed by atoms with Crippen molar-refractivity contribution in [3.05, 3.63) is 56.5 Å². The molecule has 19 heteroatoms. The number of carbonyl (C=O) groups is 1. The fraction of sp³-hybridized carbons (Fsp3) is 0.457. The van der Waals surface area contributed by atoms with Crippen LogP contribution >= 0.6 is 58.8 Å². The van der Waals surface area contributed by atoms with Crippen LogP contribution in [0, 0.1) is 0 Å². The number of piperazine rings is 2. The molecule has 54 heavy (non-hydrogen) atoms. The molecule has 0 spiro atoms. The topological polar surface area (TPSA) is 177 Å². The molecule has 0 unspecified atom stereocenters. The van der Waals surface area contributed by atoms with E-state index in [4.69, 9.17) is 62.6 Å². The molecule has 2 aliphatic heterocycles. The number of benzene rings is 2. The van der Waals surface area contributed by atoms with Gasteiger partial charge in [0.2, 0.25) is 11.9 Å². The van der Waals surface area contributed by atoms with Gasteiger partial charge in [0, 0.05) is 55.9 Å². The van der Waals surface area contributed by atoms with Crippen LogP contribution in [0.4, 0.5) is 28.3 Å². The molecule has 2 aromatic heterocycles. The number of hydrogen-bond acceptors (Lipinski definition) is 13. The number of amides is 1. The van der Waals surface area contributed by atoms with Crippen molar-refractivity contribution in [3.63, 3.8) is 0 Å². The first-order valence-electron chi connectivity index (χ1n) is 16.9. The first-order valence-corrected chi connectivity index (χ1v) is 18.4. The van der Waals surface area contributed by atoms with E-state index in [1.54, 1.807) is 41.3 Å². The monoisotopic (exact) mass is 840 g/mol. The summed E-state index contributed by atoms with van der Waals surface area (Å²) >= 11 is 24.7. The summed E-state index contributed by atoms with van der Waals surface area (Å²) in [5.74, 6) is 1.40. The van der Waals surface area contributed by atoms with Gasteiger partial charge >= 0.3 is 6.09 Å². The van der Waals surface area contributed by atoms with Gasteiger partial charge in [-0.1, -0.05) is 70.7 Å². The number of anilines is 4. The second kappa shape index (κ2) is 17.0. The molecule has 5 N–H and O–H groups in total. The van der Waals surface area contributed by atoms with Crippen LogP contribution in [0.25, 0.3) is 22.5 Å². The molecule has 2 fully saturated rings. The average Bonchev–Trinajstić information content (AvgIpc) is 3.06. The van der Waals surface area contributed by atoms with E-state index in [2.05, 4.69) is 54.4 Å². The van der Waals surface area contributed by atoms with Gasteiger partial charge in [-0.2, -0.15) is 9.97 Å². The lowest BCUT2D eigenvalue weighted by atomic mass is 9.99. The highest BCUT2D eigenvalue weighted by molar-refractivity contribution is 6.44. The summed E-state index contributed by atoms with van der Waals surface area (Å²) in [6.45, 7) is 17.8. The Kier molecular flexibility index (Phi) is 13.6. The largest absolute Gasteiger partial charge is 0.444 e. The molecule has 0 bridgehead atoms. The zero-order valence-electron chi connectivity index (χ0n) is 31.1. The number of nitrogens with two attached hydrogens (primary N) is 2. The van der Waals surface area contributed by atoms with Crippen molar-refractivity contribution in [1.82, 2.24) is 40.6 Å². The SMILES string of the molecule is CC(C)(C)OC(=O)N1CCN(c2nnc(-c3cccc(Cl)c3Cl)c(N)n2)C(C)(C)C1.CC1(C)CNCCN1c1nnc(-c2cccc(Cl)c2Cl)c(N)n1.Cl. The maximum atomic E-state index is 12.5. The van der Waals surface area contributed by atoms with Crippen molar-refractivity contribution in [2.75, 3.05) is 60.5 Å². The lowest BCUT2D eigenvalue weighted by Crippen LogP contribution is -2.61. The lowest BCUT2D eigenvalue weighted by molar-refractivity contribution is 0.0178. The molecular formula is C35H45Cl5N12O2. The van der Waals surface area contributed by atoms with Gasteiger partial charge in [-0.05, 0) is 60.6 Å². The summed E-state index contributed by atoms with van der Waals surface area (Å²) in [6.07, 6.45) is -0.334. The molecule has 0 aliphatic carbocycles. The number of aromatic nitrogens is 6. The molecule has 0 radical (unpaired) electrons. The Labute approximate surface area is 341 Å². The highest BCUT2D eigenvalue weighted by Gasteiger charge is 2.39. The zero-order valence-corrected chi connectivity index (χ0v) is 35.0. The molecule has 6 rings (SSSR count). The van der Waals surface area contributed by atoms with E-state index in [9.17, 15) is 4.79 Å². The van der Waals surface area contributed by atoms with E-state index in [1.807, 2.05) is 39.5 Å². The normalized spacial score (nSPS) is 16.5. The number of ether oxygens (including phenoxy) is 1. The number of rotatable bonds is 4. The molecular weight excluding hydrogens is 798 g/mol. The first-order chi connectivity index (χ1) is 24.8. The third-order valence-corrected chi connectivity index (χ3v) is 10.3. The number of halogens is 5. The van der Waals surface area contributed by atoms with Gasteiger partial charge in [-0.25, -0.2) is 4.79 Å². The van der Waals surface area contributed by atoms with E-state index in [0.29, 0.717) is 74.1 Å². The smallest absolute Gasteiger partial charge is 0.410 e. The van der Waals surface area contributed by atoms with E-state index >= 15 is 0 Å². The highest BCUT2D eigenvalue weighted by atomic mass is 35.5. The minimum atomic E-state index is -0.544. The van der Waals surface area contributed by atoms with Crippen molar-refractivity contribution in [3.8, 4) is 22.5 Å². The Morgan fingerprint density at radius 1 is 0.759 bits per heavy atom. The maximum absolute atomic E-state index is 12.5. The molecule has 1 amide bonds. The van der Waals surface area contributed by atoms with Crippen LogP contribution in [-0.4, -0.2) is 97.3 Å². The standard InChI is InChI=1S/C20H26Cl2N6O2.C15H18Cl2N6.ClH/c1-19(2,3)30-18(29)27-9-10-28(20(4,5)11-27)17-24-16(23)15(25-26-17)12-7-6-8-13(21)14(12)22;1-15(2)8-19-6-7-23(15)14-20-13(18)12(21-22-14)9-4-3-5-10(16)11(9)17;/h6-8H,9-11H2,1-5H3,(H2,23,24,26);3-5,19H,6-8H2,1-2H3,(H2,18,20,22);1H. The lowest BCUT2D eigenvalue weighted by Gasteiger charge is -2.46. The van der Waals surface area contributed by atoms with Crippen LogP contribution in [0.15, 0.2) is 36.4 Å². The van der Waals surface area contributed by atoms with E-state index < -0.39 is 11.1 Å². The summed E-state index contributed by atoms with van der Waals surface area (Å²) < 4.78 is 5.50. The van der Waals surface area contributed by atoms with Crippen LogP contribution in [0.3, 0.4) is 0 Å². The van der Waals surface area contributed by atoms with E-state index in [-0.39, 0.29) is 35.7 Å². The van der Waals surface area contributed by atoms with E-state index in [1.165, 1.54) is 0 Å². The molecule has 14 nitrogen and oxygen atoms in total. The van der Waals surface area contributed by atoms with Gasteiger partial charge in [-0.3, -0.25) is 0 Å². The van der Waals surface area contributed by atoms with Crippen molar-refractivity contribution >= 4 is 88.4 Å². The van der Waals surface area contributed by atoms with Gasteiger partial charge < -0.3 is 36.2 Å². The highest BCUT2D eigenvalue weighted by Crippen LogP contribution is 2.37. The molecule has 2 aliphatic rings. The first kappa shape index (κ1) is 43.1. The third-order valence-electron chi connectivity index (χ3n) is 8.66. The summed E-state index contributed by atoms with van der Waals surface area (Å²) in [7, 11) is 0. The second-order valence-electron chi connectivity index (χ2n) is 14.9. The number of hydrogen-bond donors (Lipinski definition) is 3. The minimum absolute atomic E-state index is 0. The molecule has 2 saturated heterocycles. The van der Waals surface area contributed by atoms with E-state index in [0.717, 1.165) is 19.6 Å². The number of nitrogens with one attached hydrogen (secondary N) is 1. The minimum Gasteiger partial charge on any atom is -0.444 e. The quantitative estimate of drug-likeness (QED) is 0.187. The van der Waals surface area contributed by atoms with Gasteiger partial charge in [0.1, 0.15) is 17.0 Å². The molecule has 0 atom stereocenters.